The number of halogens is 7. The van der Waals surface area contributed by atoms with Crippen LogP contribution in [0.2, 0.25) is 0 Å². The standard InChI is InChI=1S/C17H21F7O/c1-13(2,3)11-6-8-12(9-7-11)14(4,25-5)10-15(18,19)16(20,21)17(22,23)24/h6-9H,10H2,1-5H3. The molecule has 0 spiro atoms. The lowest BCUT2D eigenvalue weighted by Gasteiger charge is -2.36. The van der Waals surface area contributed by atoms with E-state index in [0.29, 0.717) is 0 Å². The van der Waals surface area contributed by atoms with Gasteiger partial charge in [0.2, 0.25) is 0 Å². The second kappa shape index (κ2) is 6.45. The molecule has 25 heavy (non-hydrogen) atoms. The maximum atomic E-state index is 13.8. The molecule has 0 saturated carbocycles. The molecule has 0 saturated heterocycles. The maximum absolute atomic E-state index is 13.8. The molecule has 0 amide bonds. The lowest BCUT2D eigenvalue weighted by molar-refractivity contribution is -0.361. The van der Waals surface area contributed by atoms with Crippen molar-refractivity contribution < 1.29 is 35.5 Å². The lowest BCUT2D eigenvalue weighted by Crippen LogP contribution is -2.54. The molecule has 0 fully saturated rings. The smallest absolute Gasteiger partial charge is 0.374 e. The molecule has 8 heteroatoms. The monoisotopic (exact) mass is 374 g/mol. The van der Waals surface area contributed by atoms with Gasteiger partial charge in [-0.15, -0.1) is 0 Å². The summed E-state index contributed by atoms with van der Waals surface area (Å²) in [4.78, 5) is 0. The Kier molecular flexibility index (Phi) is 5.60. The first-order valence-corrected chi connectivity index (χ1v) is 7.46. The summed E-state index contributed by atoms with van der Waals surface area (Å²) in [5.41, 5.74) is -1.33. The molecule has 0 aliphatic heterocycles. The van der Waals surface area contributed by atoms with Gasteiger partial charge in [0.05, 0.1) is 12.0 Å². The summed E-state index contributed by atoms with van der Waals surface area (Å²) in [7, 11) is 0.986. The third-order valence-corrected chi connectivity index (χ3v) is 4.19. The summed E-state index contributed by atoms with van der Waals surface area (Å²) in [5, 5.41) is 0. The summed E-state index contributed by atoms with van der Waals surface area (Å²) in [6, 6.07) is 6.00. The molecule has 0 bridgehead atoms. The fourth-order valence-electron chi connectivity index (χ4n) is 2.36. The fraction of sp³-hybridized carbons (Fsp3) is 0.647. The zero-order valence-electron chi connectivity index (χ0n) is 14.6. The van der Waals surface area contributed by atoms with E-state index in [9.17, 15) is 30.7 Å². The van der Waals surface area contributed by atoms with Crippen molar-refractivity contribution in [3.05, 3.63) is 35.4 Å². The van der Waals surface area contributed by atoms with E-state index < -0.39 is 30.0 Å². The molecule has 0 aromatic heterocycles. The molecule has 1 atom stereocenters. The zero-order valence-corrected chi connectivity index (χ0v) is 14.6. The van der Waals surface area contributed by atoms with Crippen LogP contribution in [0.1, 0.15) is 45.2 Å². The van der Waals surface area contributed by atoms with Crippen LogP contribution in [0.3, 0.4) is 0 Å². The molecule has 1 aromatic carbocycles. The Labute approximate surface area is 142 Å². The molecule has 0 heterocycles. The van der Waals surface area contributed by atoms with Crippen molar-refractivity contribution in [2.24, 2.45) is 0 Å². The van der Waals surface area contributed by atoms with E-state index in [-0.39, 0.29) is 11.0 Å². The van der Waals surface area contributed by atoms with Gasteiger partial charge >= 0.3 is 18.0 Å². The lowest BCUT2D eigenvalue weighted by atomic mass is 9.83. The summed E-state index contributed by atoms with van der Waals surface area (Å²) >= 11 is 0. The van der Waals surface area contributed by atoms with Gasteiger partial charge in [-0.3, -0.25) is 0 Å². The van der Waals surface area contributed by atoms with E-state index >= 15 is 0 Å². The van der Waals surface area contributed by atoms with Gasteiger partial charge in [0, 0.05) is 7.11 Å². The summed E-state index contributed by atoms with van der Waals surface area (Å²) < 4.78 is 95.8. The van der Waals surface area contributed by atoms with Crippen molar-refractivity contribution in [2.75, 3.05) is 7.11 Å². The van der Waals surface area contributed by atoms with Crippen LogP contribution in [-0.4, -0.2) is 25.1 Å². The Morgan fingerprint density at radius 3 is 1.48 bits per heavy atom. The molecule has 1 rings (SSSR count). The van der Waals surface area contributed by atoms with Crippen molar-refractivity contribution >= 4 is 0 Å². The van der Waals surface area contributed by atoms with E-state index in [1.54, 1.807) is 12.1 Å². The molecular weight excluding hydrogens is 353 g/mol. The molecule has 0 aliphatic rings. The molecule has 144 valence electrons. The molecule has 1 aromatic rings. The first-order valence-electron chi connectivity index (χ1n) is 7.46. The number of alkyl halides is 7. The minimum Gasteiger partial charge on any atom is -0.374 e. The van der Waals surface area contributed by atoms with E-state index in [0.717, 1.165) is 19.6 Å². The van der Waals surface area contributed by atoms with E-state index in [4.69, 9.17) is 4.74 Å². The first kappa shape index (κ1) is 21.7. The molecule has 1 unspecified atom stereocenters. The minimum atomic E-state index is -6.36. The van der Waals surface area contributed by atoms with Crippen molar-refractivity contribution in [3.63, 3.8) is 0 Å². The van der Waals surface area contributed by atoms with Gasteiger partial charge in [0.25, 0.3) is 0 Å². The Morgan fingerprint density at radius 1 is 0.760 bits per heavy atom. The highest BCUT2D eigenvalue weighted by Gasteiger charge is 2.73. The Balaban J connectivity index is 3.23. The fourth-order valence-corrected chi connectivity index (χ4v) is 2.36. The predicted molar refractivity (Wildman–Crippen MR) is 80.1 cm³/mol. The summed E-state index contributed by atoms with van der Waals surface area (Å²) in [6.45, 7) is 6.79. The third-order valence-electron chi connectivity index (χ3n) is 4.19. The quantitative estimate of drug-likeness (QED) is 0.569. The zero-order chi connectivity index (χ0) is 19.9. The molecular formula is C17H21F7O. The van der Waals surface area contributed by atoms with Crippen molar-refractivity contribution in [1.29, 1.82) is 0 Å². The van der Waals surface area contributed by atoms with Gasteiger partial charge in [-0.05, 0) is 23.5 Å². The SMILES string of the molecule is COC(C)(CC(F)(F)C(F)(F)C(F)(F)F)c1ccc(C(C)(C)C)cc1. The van der Waals surface area contributed by atoms with Crippen molar-refractivity contribution in [3.8, 4) is 0 Å². The largest absolute Gasteiger partial charge is 0.459 e. The van der Waals surface area contributed by atoms with Gasteiger partial charge in [-0.1, -0.05) is 45.0 Å². The van der Waals surface area contributed by atoms with Crippen LogP contribution >= 0.6 is 0 Å². The highest BCUT2D eigenvalue weighted by atomic mass is 19.4. The Morgan fingerprint density at radius 2 is 1.16 bits per heavy atom. The third kappa shape index (κ3) is 4.27. The molecule has 0 N–H and O–H groups in total. The number of hydrogen-bond acceptors (Lipinski definition) is 1. The van der Waals surface area contributed by atoms with Crippen LogP contribution in [-0.2, 0) is 15.8 Å². The number of ether oxygens (including phenoxy) is 1. The summed E-state index contributed by atoms with van der Waals surface area (Å²) in [5.74, 6) is -11.5. The van der Waals surface area contributed by atoms with Gasteiger partial charge in [-0.2, -0.15) is 30.7 Å². The van der Waals surface area contributed by atoms with Gasteiger partial charge < -0.3 is 4.74 Å². The van der Waals surface area contributed by atoms with Crippen molar-refractivity contribution in [1.82, 2.24) is 0 Å². The van der Waals surface area contributed by atoms with Crippen LogP contribution < -0.4 is 0 Å². The van der Waals surface area contributed by atoms with Crippen LogP contribution in [0.5, 0.6) is 0 Å². The van der Waals surface area contributed by atoms with Gasteiger partial charge in [0.15, 0.2) is 0 Å². The minimum absolute atomic E-state index is 0.0839. The van der Waals surface area contributed by atoms with Crippen LogP contribution in [0.15, 0.2) is 24.3 Å². The number of methoxy groups -OCH3 is 1. The Hall–Kier alpha value is -1.31. The number of benzene rings is 1. The molecule has 0 radical (unpaired) electrons. The second-order valence-corrected chi connectivity index (χ2v) is 7.22. The average molecular weight is 374 g/mol. The van der Waals surface area contributed by atoms with Crippen LogP contribution in [0.4, 0.5) is 30.7 Å². The Bertz CT molecular complexity index is 584. The highest BCUT2D eigenvalue weighted by Crippen LogP contribution is 2.51. The van der Waals surface area contributed by atoms with Crippen LogP contribution in [0.25, 0.3) is 0 Å². The maximum Gasteiger partial charge on any atom is 0.459 e. The predicted octanol–water partition coefficient (Wildman–Crippen LogP) is 6.07. The van der Waals surface area contributed by atoms with E-state index in [1.807, 2.05) is 20.8 Å². The molecule has 0 aliphatic carbocycles. The highest BCUT2D eigenvalue weighted by molar-refractivity contribution is 5.31. The van der Waals surface area contributed by atoms with Crippen molar-refractivity contribution in [2.45, 2.75) is 63.2 Å². The van der Waals surface area contributed by atoms with E-state index in [1.165, 1.54) is 12.1 Å². The topological polar surface area (TPSA) is 9.23 Å². The number of rotatable bonds is 5. The van der Waals surface area contributed by atoms with Gasteiger partial charge in [0.1, 0.15) is 0 Å². The second-order valence-electron chi connectivity index (χ2n) is 7.22. The molecule has 1 nitrogen and oxygen atoms in total. The normalized spacial score (nSPS) is 16.6. The average Bonchev–Trinajstić information content (AvgIpc) is 2.44. The number of hydrogen-bond donors (Lipinski definition) is 0. The summed E-state index contributed by atoms with van der Waals surface area (Å²) in [6.07, 6.45) is -8.18. The van der Waals surface area contributed by atoms with Gasteiger partial charge in [-0.25, -0.2) is 0 Å². The first-order chi connectivity index (χ1) is 11.0. The van der Waals surface area contributed by atoms with E-state index in [2.05, 4.69) is 0 Å². The van der Waals surface area contributed by atoms with Crippen LogP contribution in [0, 0.1) is 0 Å².